The van der Waals surface area contributed by atoms with Crippen LogP contribution in [0.1, 0.15) is 40.2 Å². The Bertz CT molecular complexity index is 854. The smallest absolute Gasteiger partial charge is 0.305 e. The van der Waals surface area contributed by atoms with Crippen LogP contribution in [0.5, 0.6) is 0 Å². The minimum atomic E-state index is -0.925. The summed E-state index contributed by atoms with van der Waals surface area (Å²) in [6, 6.07) is 7.49. The molecule has 0 bridgehead atoms. The van der Waals surface area contributed by atoms with Crippen molar-refractivity contribution in [3.63, 3.8) is 0 Å². The van der Waals surface area contributed by atoms with Crippen LogP contribution in [0.3, 0.4) is 0 Å². The van der Waals surface area contributed by atoms with Gasteiger partial charge in [0.1, 0.15) is 0 Å². The first-order chi connectivity index (χ1) is 12.8. The molecule has 2 aromatic rings. The number of carbonyl (C=O) groups excluding carboxylic acids is 1. The van der Waals surface area contributed by atoms with Crippen molar-refractivity contribution in [3.05, 3.63) is 46.8 Å². The number of hydrogen-bond acceptors (Lipinski definition) is 4. The third kappa shape index (κ3) is 4.03. The van der Waals surface area contributed by atoms with Crippen molar-refractivity contribution in [2.75, 3.05) is 13.7 Å². The second kappa shape index (κ2) is 7.52. The summed E-state index contributed by atoms with van der Waals surface area (Å²) in [7, 11) is 1.58. The summed E-state index contributed by atoms with van der Waals surface area (Å²) in [6.45, 7) is 6.32. The van der Waals surface area contributed by atoms with Crippen LogP contribution in [0.2, 0.25) is 0 Å². The number of benzene rings is 1. The number of carboxylic acid groups (broad SMARTS) is 1. The van der Waals surface area contributed by atoms with Gasteiger partial charge in [-0.1, -0.05) is 6.07 Å². The third-order valence-corrected chi connectivity index (χ3v) is 4.94. The lowest BCUT2D eigenvalue weighted by Crippen LogP contribution is -2.37. The predicted octanol–water partition coefficient (Wildman–Crippen LogP) is 2.50. The maximum absolute atomic E-state index is 13.0. The first kappa shape index (κ1) is 19.1. The van der Waals surface area contributed by atoms with Crippen LogP contribution in [-0.2, 0) is 9.53 Å². The van der Waals surface area contributed by atoms with Crippen LogP contribution in [0.4, 0.5) is 0 Å². The number of nitrogens with zero attached hydrogens (tertiary/aromatic N) is 3. The maximum Gasteiger partial charge on any atom is 0.305 e. The maximum atomic E-state index is 13.0. The van der Waals surface area contributed by atoms with Crippen LogP contribution in [0, 0.1) is 20.8 Å². The number of ether oxygens (including phenoxy) is 1. The molecule has 1 saturated heterocycles. The molecular formula is C20H25N3O4. The molecule has 1 fully saturated rings. The predicted molar refractivity (Wildman–Crippen MR) is 100 cm³/mol. The zero-order valence-electron chi connectivity index (χ0n) is 16.1. The number of amides is 1. The summed E-state index contributed by atoms with van der Waals surface area (Å²) in [6.07, 6.45) is 0.272. The van der Waals surface area contributed by atoms with Crippen molar-refractivity contribution >= 4 is 11.9 Å². The molecule has 2 heterocycles. The Balaban J connectivity index is 1.90. The summed E-state index contributed by atoms with van der Waals surface area (Å²) in [4.78, 5) is 25.8. The van der Waals surface area contributed by atoms with Crippen molar-refractivity contribution < 1.29 is 19.4 Å². The van der Waals surface area contributed by atoms with Gasteiger partial charge in [-0.2, -0.15) is 5.10 Å². The molecule has 27 heavy (non-hydrogen) atoms. The summed E-state index contributed by atoms with van der Waals surface area (Å²) in [5, 5.41) is 13.7. The Morgan fingerprint density at radius 3 is 2.44 bits per heavy atom. The van der Waals surface area contributed by atoms with Gasteiger partial charge in [-0.05, 0) is 56.5 Å². The number of aromatic nitrogens is 2. The van der Waals surface area contributed by atoms with Gasteiger partial charge in [0.15, 0.2) is 5.69 Å². The Morgan fingerprint density at radius 2 is 1.85 bits per heavy atom. The summed E-state index contributed by atoms with van der Waals surface area (Å²) in [5.41, 5.74) is 4.32. The van der Waals surface area contributed by atoms with E-state index >= 15 is 0 Å². The molecule has 0 aliphatic carbocycles. The number of rotatable bonds is 5. The Labute approximate surface area is 158 Å². The molecule has 1 amide bonds. The van der Waals surface area contributed by atoms with Gasteiger partial charge in [0.25, 0.3) is 5.91 Å². The Kier molecular flexibility index (Phi) is 5.32. The molecule has 144 valence electrons. The lowest BCUT2D eigenvalue weighted by Gasteiger charge is -2.22. The molecule has 3 rings (SSSR count). The monoisotopic (exact) mass is 371 g/mol. The van der Waals surface area contributed by atoms with Crippen molar-refractivity contribution in [1.29, 1.82) is 0 Å². The van der Waals surface area contributed by atoms with Gasteiger partial charge in [0, 0.05) is 25.4 Å². The average Bonchev–Trinajstić information content (AvgIpc) is 3.16. The average molecular weight is 371 g/mol. The fourth-order valence-corrected chi connectivity index (χ4v) is 3.75. The van der Waals surface area contributed by atoms with E-state index in [-0.39, 0.29) is 24.5 Å². The number of likely N-dealkylation sites (tertiary alicyclic amines) is 1. The van der Waals surface area contributed by atoms with E-state index in [1.807, 2.05) is 32.9 Å². The SMILES string of the molecule is COC1CC(CC(=O)O)N(C(=O)c2cc(C)n(-c3cc(C)cc(C)c3)n2)C1. The van der Waals surface area contributed by atoms with Gasteiger partial charge >= 0.3 is 5.97 Å². The zero-order valence-corrected chi connectivity index (χ0v) is 16.1. The summed E-state index contributed by atoms with van der Waals surface area (Å²) in [5.74, 6) is -1.18. The lowest BCUT2D eigenvalue weighted by atomic mass is 10.1. The molecule has 7 heteroatoms. The first-order valence-corrected chi connectivity index (χ1v) is 8.99. The van der Waals surface area contributed by atoms with E-state index < -0.39 is 5.97 Å². The summed E-state index contributed by atoms with van der Waals surface area (Å²) < 4.78 is 7.10. The molecule has 1 aromatic carbocycles. The van der Waals surface area contributed by atoms with E-state index in [0.29, 0.717) is 18.7 Å². The van der Waals surface area contributed by atoms with Crippen LogP contribution in [-0.4, -0.2) is 57.5 Å². The van der Waals surface area contributed by atoms with Gasteiger partial charge in [-0.15, -0.1) is 0 Å². The minimum Gasteiger partial charge on any atom is -0.481 e. The van der Waals surface area contributed by atoms with E-state index in [1.54, 1.807) is 22.8 Å². The van der Waals surface area contributed by atoms with Crippen LogP contribution in [0.25, 0.3) is 5.69 Å². The standard InChI is InChI=1S/C20H25N3O4/c1-12-5-13(2)7-16(6-12)23-14(3)8-18(21-23)20(26)22-11-17(27-4)9-15(22)10-19(24)25/h5-8,15,17H,9-11H2,1-4H3,(H,24,25). The molecule has 1 aliphatic rings. The lowest BCUT2D eigenvalue weighted by molar-refractivity contribution is -0.138. The fraction of sp³-hybridized carbons (Fsp3) is 0.450. The van der Waals surface area contributed by atoms with E-state index in [0.717, 1.165) is 22.5 Å². The zero-order chi connectivity index (χ0) is 19.7. The second-order valence-electron chi connectivity index (χ2n) is 7.23. The van der Waals surface area contributed by atoms with Crippen molar-refractivity contribution in [2.24, 2.45) is 0 Å². The number of aryl methyl sites for hydroxylation is 3. The van der Waals surface area contributed by atoms with Gasteiger partial charge in [-0.3, -0.25) is 9.59 Å². The van der Waals surface area contributed by atoms with E-state index in [1.165, 1.54) is 0 Å². The molecule has 2 atom stereocenters. The van der Waals surface area contributed by atoms with Crippen molar-refractivity contribution in [2.45, 2.75) is 45.8 Å². The molecule has 2 unspecified atom stereocenters. The number of carbonyl (C=O) groups is 2. The topological polar surface area (TPSA) is 84.7 Å². The van der Waals surface area contributed by atoms with Crippen LogP contribution >= 0.6 is 0 Å². The highest BCUT2D eigenvalue weighted by Crippen LogP contribution is 2.25. The van der Waals surface area contributed by atoms with Gasteiger partial charge < -0.3 is 14.7 Å². The fourth-order valence-electron chi connectivity index (χ4n) is 3.75. The highest BCUT2D eigenvalue weighted by Gasteiger charge is 2.37. The minimum absolute atomic E-state index is 0.0949. The highest BCUT2D eigenvalue weighted by molar-refractivity contribution is 5.93. The molecule has 0 spiro atoms. The molecule has 1 aliphatic heterocycles. The quantitative estimate of drug-likeness (QED) is 0.873. The molecular weight excluding hydrogens is 346 g/mol. The van der Waals surface area contributed by atoms with Crippen LogP contribution in [0.15, 0.2) is 24.3 Å². The first-order valence-electron chi connectivity index (χ1n) is 8.99. The van der Waals surface area contributed by atoms with Gasteiger partial charge in [0.2, 0.25) is 0 Å². The Hall–Kier alpha value is -2.67. The molecule has 7 nitrogen and oxygen atoms in total. The number of methoxy groups -OCH3 is 1. The Morgan fingerprint density at radius 1 is 1.19 bits per heavy atom. The van der Waals surface area contributed by atoms with Gasteiger partial charge in [-0.25, -0.2) is 4.68 Å². The molecule has 1 aromatic heterocycles. The third-order valence-electron chi connectivity index (χ3n) is 4.94. The number of aliphatic carboxylic acids is 1. The van der Waals surface area contributed by atoms with E-state index in [9.17, 15) is 9.59 Å². The van der Waals surface area contributed by atoms with Crippen molar-refractivity contribution in [3.8, 4) is 5.69 Å². The largest absolute Gasteiger partial charge is 0.481 e. The normalized spacial score (nSPS) is 19.5. The highest BCUT2D eigenvalue weighted by atomic mass is 16.5. The molecule has 0 radical (unpaired) electrons. The van der Waals surface area contributed by atoms with Crippen molar-refractivity contribution in [1.82, 2.24) is 14.7 Å². The number of carboxylic acids is 1. The van der Waals surface area contributed by atoms with E-state index in [4.69, 9.17) is 9.84 Å². The van der Waals surface area contributed by atoms with Gasteiger partial charge in [0.05, 0.1) is 18.2 Å². The van der Waals surface area contributed by atoms with Crippen LogP contribution < -0.4 is 0 Å². The second-order valence-corrected chi connectivity index (χ2v) is 7.23. The molecule has 0 saturated carbocycles. The summed E-state index contributed by atoms with van der Waals surface area (Å²) >= 11 is 0. The van der Waals surface area contributed by atoms with E-state index in [2.05, 4.69) is 11.2 Å². The number of hydrogen-bond donors (Lipinski definition) is 1. The molecule has 1 N–H and O–H groups in total.